The van der Waals surface area contributed by atoms with Gasteiger partial charge in [0, 0.05) is 17.2 Å². The van der Waals surface area contributed by atoms with E-state index in [1.807, 2.05) is 0 Å². The quantitative estimate of drug-likeness (QED) is 0.0527. The molecule has 2 amide bonds. The Morgan fingerprint density at radius 3 is 2.18 bits per heavy atom. The number of ketones is 1. The number of ether oxygens (including phenoxy) is 6. The van der Waals surface area contributed by atoms with Crippen LogP contribution in [0.3, 0.4) is 0 Å². The predicted octanol–water partition coefficient (Wildman–Crippen LogP) is -0.00880. The number of aliphatic hydroxyl groups excluding tert-OH is 6. The number of halogens is 2. The van der Waals surface area contributed by atoms with E-state index in [9.17, 15) is 45.0 Å². The van der Waals surface area contributed by atoms with Crippen molar-refractivity contribution in [3.05, 3.63) is 82.2 Å². The third-order valence-corrected chi connectivity index (χ3v) is 9.31. The molecule has 4 saturated heterocycles. The van der Waals surface area contributed by atoms with Crippen molar-refractivity contribution in [1.82, 2.24) is 4.90 Å². The molecule has 19 heteroatoms. The van der Waals surface area contributed by atoms with E-state index in [4.69, 9.17) is 57.4 Å². The van der Waals surface area contributed by atoms with Crippen LogP contribution < -0.4 is 5.73 Å². The van der Waals surface area contributed by atoms with Crippen molar-refractivity contribution in [2.75, 3.05) is 20.3 Å². The first-order chi connectivity index (χ1) is 26.1. The van der Waals surface area contributed by atoms with E-state index in [-0.39, 0.29) is 0 Å². The fourth-order valence-corrected chi connectivity index (χ4v) is 6.58. The van der Waals surface area contributed by atoms with E-state index in [0.29, 0.717) is 10.1 Å². The number of methoxy groups -OCH3 is 1. The van der Waals surface area contributed by atoms with Crippen LogP contribution in [0.1, 0.15) is 20.3 Å². The third-order valence-electron chi connectivity index (χ3n) is 8.96. The molecule has 8 N–H and O–H groups in total. The highest BCUT2D eigenvalue weighted by molar-refractivity contribution is 6.34. The minimum absolute atomic E-state index is 0.404. The van der Waals surface area contributed by atoms with Gasteiger partial charge in [-0.3, -0.25) is 19.3 Å². The van der Waals surface area contributed by atoms with Gasteiger partial charge in [-0.15, -0.1) is 0 Å². The van der Waals surface area contributed by atoms with Crippen LogP contribution in [0, 0.1) is 0 Å². The van der Waals surface area contributed by atoms with Crippen molar-refractivity contribution < 1.29 is 73.4 Å². The van der Waals surface area contributed by atoms with E-state index in [2.05, 4.69) is 0 Å². The van der Waals surface area contributed by atoms with Crippen LogP contribution in [0.5, 0.6) is 0 Å². The van der Waals surface area contributed by atoms with Gasteiger partial charge in [-0.2, -0.15) is 0 Å². The van der Waals surface area contributed by atoms with E-state index in [1.54, 1.807) is 56.4 Å². The fraction of sp³-hybridized carbons (Fsp3) is 0.528. The smallest absolute Gasteiger partial charge is 0.264 e. The molecule has 0 aliphatic carbocycles. The molecule has 17 nitrogen and oxygen atoms in total. The number of allylic oxidation sites excluding steroid dienone is 12. The van der Waals surface area contributed by atoms with Crippen molar-refractivity contribution in [2.24, 2.45) is 5.73 Å². The fourth-order valence-electron chi connectivity index (χ4n) is 6.17. The molecule has 0 bridgehead atoms. The van der Waals surface area contributed by atoms with Crippen LogP contribution in [0.4, 0.5) is 0 Å². The van der Waals surface area contributed by atoms with E-state index in [0.717, 1.165) is 11.0 Å². The highest BCUT2D eigenvalue weighted by Crippen LogP contribution is 2.35. The number of Topliss-reactive ketones (excluding diaryl/α,β-unsaturated/α-hetero) is 1. The molecular weight excluding hydrogens is 771 g/mol. The highest BCUT2D eigenvalue weighted by atomic mass is 35.5. The van der Waals surface area contributed by atoms with Crippen LogP contribution in [0.15, 0.2) is 82.2 Å². The number of carbonyl (C=O) groups is 3. The lowest BCUT2D eigenvalue weighted by Crippen LogP contribution is -2.65. The summed E-state index contributed by atoms with van der Waals surface area (Å²) in [6.07, 6.45) is -2.29. The molecule has 0 saturated carbocycles. The second-order valence-electron chi connectivity index (χ2n) is 13.0. The molecule has 4 rings (SSSR count). The van der Waals surface area contributed by atoms with Gasteiger partial charge in [-0.25, -0.2) is 0 Å². The normalized spacial score (nSPS) is 37.8. The molecule has 13 unspecified atom stereocenters. The first-order valence-electron chi connectivity index (χ1n) is 17.2. The van der Waals surface area contributed by atoms with Crippen LogP contribution in [-0.2, 0) is 42.8 Å². The lowest BCUT2D eigenvalue weighted by molar-refractivity contribution is -0.338. The molecule has 0 radical (unpaired) electrons. The standard InChI is InChI=1S/C36H46Cl2N2O15/c1-17(37)13-19(38)11-9-7-5-4-6-8-10-12-21(41)25-27(45)20(14-24(39)43)40(33(25)49)34-31(28(46)22(42)15-51-34)55-35-30(48)29(47)23(16-52-35)54-36-32(50-3)26(44)18(2)53-36/h4-13,18,20,22-23,26,28-32,34-36,41-42,44,46-48H,14-16H2,1-3H3,(H2,39,43). The number of primary amides is 1. The van der Waals surface area contributed by atoms with Gasteiger partial charge in [0.2, 0.25) is 5.91 Å². The first-order valence-corrected chi connectivity index (χ1v) is 17.9. The largest absolute Gasteiger partial charge is 0.507 e. The Balaban J connectivity index is 1.50. The molecular formula is C36H46Cl2N2O15. The van der Waals surface area contributed by atoms with Crippen molar-refractivity contribution in [3.63, 3.8) is 0 Å². The number of nitrogens with two attached hydrogens (primary N) is 1. The van der Waals surface area contributed by atoms with E-state index in [1.165, 1.54) is 19.3 Å². The van der Waals surface area contributed by atoms with Gasteiger partial charge < -0.3 is 64.8 Å². The van der Waals surface area contributed by atoms with Gasteiger partial charge >= 0.3 is 0 Å². The summed E-state index contributed by atoms with van der Waals surface area (Å²) in [5, 5.41) is 65.5. The minimum Gasteiger partial charge on any atom is -0.507 e. The number of hydrogen-bond acceptors (Lipinski definition) is 15. The summed E-state index contributed by atoms with van der Waals surface area (Å²) < 4.78 is 33.7. The molecule has 4 fully saturated rings. The monoisotopic (exact) mass is 816 g/mol. The van der Waals surface area contributed by atoms with Gasteiger partial charge in [0.1, 0.15) is 66.2 Å². The van der Waals surface area contributed by atoms with Crippen molar-refractivity contribution in [3.8, 4) is 0 Å². The Morgan fingerprint density at radius 1 is 0.891 bits per heavy atom. The molecule has 4 heterocycles. The molecule has 0 spiro atoms. The minimum atomic E-state index is -1.85. The second-order valence-corrected chi connectivity index (χ2v) is 14.0. The third kappa shape index (κ3) is 11.0. The molecule has 0 aromatic rings. The molecule has 13 atom stereocenters. The number of aliphatic hydroxyl groups is 6. The summed E-state index contributed by atoms with van der Waals surface area (Å²) in [4.78, 5) is 40.2. The summed E-state index contributed by atoms with van der Waals surface area (Å²) in [7, 11) is 1.34. The number of likely N-dealkylation sites (tertiary alicyclic amines) is 1. The summed E-state index contributed by atoms with van der Waals surface area (Å²) >= 11 is 11.8. The van der Waals surface area contributed by atoms with Gasteiger partial charge in [0.15, 0.2) is 24.6 Å². The lowest BCUT2D eigenvalue weighted by atomic mass is 10.0. The van der Waals surface area contributed by atoms with Crippen molar-refractivity contribution >= 4 is 40.8 Å². The summed E-state index contributed by atoms with van der Waals surface area (Å²) in [5.41, 5.74) is 4.70. The maximum absolute atomic E-state index is 13.8. The molecule has 304 valence electrons. The average molecular weight is 818 g/mol. The lowest BCUT2D eigenvalue weighted by Gasteiger charge is -2.46. The van der Waals surface area contributed by atoms with Crippen LogP contribution in [-0.4, -0.2) is 153 Å². The Labute approximate surface area is 326 Å². The summed E-state index contributed by atoms with van der Waals surface area (Å²) in [6, 6.07) is -1.62. The number of nitrogens with zero attached hydrogens (tertiary/aromatic N) is 1. The van der Waals surface area contributed by atoms with Crippen LogP contribution in [0.2, 0.25) is 0 Å². The van der Waals surface area contributed by atoms with Gasteiger partial charge in [-0.05, 0) is 32.1 Å². The topological polar surface area (TPSA) is 257 Å². The Morgan fingerprint density at radius 2 is 1.55 bits per heavy atom. The predicted molar refractivity (Wildman–Crippen MR) is 194 cm³/mol. The number of amides is 2. The summed E-state index contributed by atoms with van der Waals surface area (Å²) in [5.74, 6) is -3.83. The number of hydrogen-bond donors (Lipinski definition) is 7. The zero-order valence-electron chi connectivity index (χ0n) is 30.0. The maximum Gasteiger partial charge on any atom is 0.264 e. The van der Waals surface area contributed by atoms with Crippen LogP contribution >= 0.6 is 23.2 Å². The second kappa shape index (κ2) is 20.2. The zero-order chi connectivity index (χ0) is 40.6. The van der Waals surface area contributed by atoms with Gasteiger partial charge in [0.25, 0.3) is 5.91 Å². The molecule has 4 aliphatic heterocycles. The van der Waals surface area contributed by atoms with E-state index < -0.39 is 128 Å². The average Bonchev–Trinajstić information content (AvgIpc) is 3.53. The Bertz CT molecular complexity index is 1610. The summed E-state index contributed by atoms with van der Waals surface area (Å²) in [6.45, 7) is 2.32. The zero-order valence-corrected chi connectivity index (χ0v) is 31.6. The van der Waals surface area contributed by atoms with Crippen molar-refractivity contribution in [1.29, 1.82) is 0 Å². The Kier molecular flexibility index (Phi) is 16.4. The molecule has 0 aromatic heterocycles. The van der Waals surface area contributed by atoms with Crippen molar-refractivity contribution in [2.45, 2.75) is 100 Å². The highest BCUT2D eigenvalue weighted by Gasteiger charge is 2.56. The first kappa shape index (κ1) is 44.4. The van der Waals surface area contributed by atoms with E-state index >= 15 is 0 Å². The number of carbonyl (C=O) groups excluding carboxylic acids is 3. The number of rotatable bonds is 14. The SMILES string of the molecule is COC1C(OC2COC(OC3C(O)C(O)COC3N3C(=O)C(=C(O)C=CC=CC=CC=CC=C(Cl)C=C(C)Cl)C(=O)C3CC(N)=O)C(O)C2O)OC(C)C1O. The molecule has 4 aliphatic rings. The van der Waals surface area contributed by atoms with Gasteiger partial charge in [0.05, 0.1) is 25.7 Å². The molecule has 55 heavy (non-hydrogen) atoms. The molecule has 0 aromatic carbocycles. The van der Waals surface area contributed by atoms with Gasteiger partial charge in [-0.1, -0.05) is 65.7 Å². The maximum atomic E-state index is 13.8. The van der Waals surface area contributed by atoms with Crippen LogP contribution in [0.25, 0.3) is 0 Å². The Hall–Kier alpha value is -3.27.